The molecule has 1 aliphatic rings. The first-order valence-electron chi connectivity index (χ1n) is 26.4. The molecule has 0 aliphatic carbocycles. The summed E-state index contributed by atoms with van der Waals surface area (Å²) in [5.41, 5.74) is 20.2. The molecule has 0 saturated heterocycles. The molecule has 0 N–H and O–H groups in total. The summed E-state index contributed by atoms with van der Waals surface area (Å²) in [5, 5.41) is 2.22. The van der Waals surface area contributed by atoms with Gasteiger partial charge in [0.05, 0.1) is 16.7 Å². The zero-order valence-electron chi connectivity index (χ0n) is 45.7. The van der Waals surface area contributed by atoms with Gasteiger partial charge < -0.3 is 13.9 Å². The third kappa shape index (κ3) is 8.81. The zero-order valence-corrected chi connectivity index (χ0v) is 48.0. The second-order valence-corrected chi connectivity index (χ2v) is 24.6. The molecule has 0 spiro atoms. The third-order valence-electron chi connectivity index (χ3n) is 15.2. The molecule has 8 aromatic carbocycles. The minimum absolute atomic E-state index is 0. The van der Waals surface area contributed by atoms with E-state index in [9.17, 15) is 0 Å². The minimum Gasteiger partial charge on any atom is -0.510 e. The molecule has 4 heterocycles. The van der Waals surface area contributed by atoms with Crippen LogP contribution in [0.4, 0.5) is 0 Å². The average Bonchev–Trinajstić information content (AvgIpc) is 3.96. The van der Waals surface area contributed by atoms with Gasteiger partial charge in [0, 0.05) is 44.3 Å². The third-order valence-corrected chi connectivity index (χ3v) is 15.2. The molecule has 76 heavy (non-hydrogen) atoms. The van der Waals surface area contributed by atoms with Gasteiger partial charge in [-0.05, 0) is 124 Å². The Hall–Kier alpha value is -7.33. The first-order valence-corrected chi connectivity index (χ1v) is 26.4. The number of benzene rings is 8. The number of ether oxygens (including phenoxy) is 1. The number of rotatable bonds is 5. The van der Waals surface area contributed by atoms with Gasteiger partial charge in [-0.15, -0.1) is 29.7 Å². The van der Waals surface area contributed by atoms with Gasteiger partial charge >= 0.3 is 0 Å². The maximum absolute atomic E-state index is 6.78. The van der Waals surface area contributed by atoms with E-state index >= 15 is 0 Å². The molecule has 0 bridgehead atoms. The van der Waals surface area contributed by atoms with E-state index < -0.39 is 0 Å². The topological polar surface area (TPSA) is 35.9 Å². The fraction of sp³-hybridized carbons (Fsp3) is 0.229. The molecule has 0 fully saturated rings. The van der Waals surface area contributed by atoms with E-state index in [2.05, 4.69) is 261 Å². The van der Waals surface area contributed by atoms with Crippen molar-refractivity contribution in [1.29, 1.82) is 0 Å². The molecule has 12 rings (SSSR count). The first kappa shape index (κ1) is 50.8. The second-order valence-electron chi connectivity index (χ2n) is 24.6. The Labute approximate surface area is 463 Å². The largest absolute Gasteiger partial charge is 0.510 e. The molecular formula is C70H64N4OPt-2. The Morgan fingerprint density at radius 1 is 0.461 bits per heavy atom. The number of pyridine rings is 1. The van der Waals surface area contributed by atoms with Gasteiger partial charge in [0.25, 0.3) is 6.33 Å². The number of hydrogen-bond acceptors (Lipinski definition) is 2. The summed E-state index contributed by atoms with van der Waals surface area (Å²) in [6, 6.07) is 67.1. The first-order chi connectivity index (χ1) is 35.7. The molecule has 0 amide bonds. The van der Waals surface area contributed by atoms with Crippen LogP contribution in [0.2, 0.25) is 0 Å². The summed E-state index contributed by atoms with van der Waals surface area (Å²) in [4.78, 5) is 4.90. The van der Waals surface area contributed by atoms with Crippen molar-refractivity contribution in [1.82, 2.24) is 14.1 Å². The van der Waals surface area contributed by atoms with Crippen LogP contribution in [0.25, 0.3) is 94.5 Å². The molecule has 382 valence electrons. The fourth-order valence-corrected chi connectivity index (χ4v) is 11.0. The van der Waals surface area contributed by atoms with E-state index in [4.69, 9.17) is 9.72 Å². The van der Waals surface area contributed by atoms with Crippen LogP contribution < -0.4 is 9.30 Å². The summed E-state index contributed by atoms with van der Waals surface area (Å²) in [7, 11) is 0. The molecule has 5 nitrogen and oxygen atoms in total. The second kappa shape index (κ2) is 18.5. The quantitative estimate of drug-likeness (QED) is 0.127. The van der Waals surface area contributed by atoms with Crippen molar-refractivity contribution in [2.45, 2.75) is 105 Å². The van der Waals surface area contributed by atoms with Crippen LogP contribution in [0.15, 0.2) is 170 Å². The van der Waals surface area contributed by atoms with Gasteiger partial charge in [-0.2, -0.15) is 18.2 Å². The predicted octanol–water partition coefficient (Wildman–Crippen LogP) is 17.8. The van der Waals surface area contributed by atoms with Crippen LogP contribution in [0.5, 0.6) is 11.5 Å². The van der Waals surface area contributed by atoms with E-state index in [1.165, 1.54) is 50.1 Å². The summed E-state index contributed by atoms with van der Waals surface area (Å²) >= 11 is 0. The summed E-state index contributed by atoms with van der Waals surface area (Å²) in [5.74, 6) is 2.01. The molecule has 6 heteroatoms. The molecule has 0 radical (unpaired) electrons. The zero-order chi connectivity index (χ0) is 52.3. The van der Waals surface area contributed by atoms with Crippen molar-refractivity contribution in [2.24, 2.45) is 0 Å². The summed E-state index contributed by atoms with van der Waals surface area (Å²) in [6.07, 6.45) is 5.87. The van der Waals surface area contributed by atoms with Crippen LogP contribution in [0, 0.1) is 18.5 Å². The van der Waals surface area contributed by atoms with Crippen molar-refractivity contribution in [3.63, 3.8) is 0 Å². The van der Waals surface area contributed by atoms with E-state index in [1.54, 1.807) is 0 Å². The summed E-state index contributed by atoms with van der Waals surface area (Å²) in [6.45, 7) is 27.5. The van der Waals surface area contributed by atoms with E-state index in [0.29, 0.717) is 11.5 Å². The van der Waals surface area contributed by atoms with Crippen LogP contribution in [-0.2, 0) is 42.7 Å². The Morgan fingerprint density at radius 3 is 1.80 bits per heavy atom. The van der Waals surface area contributed by atoms with Gasteiger partial charge in [-0.1, -0.05) is 198 Å². The number of fused-ring (bicyclic) bond motifs is 10. The van der Waals surface area contributed by atoms with E-state index in [1.807, 2.05) is 24.4 Å². The standard InChI is InChI=1S/C70H64N4O.Pt/c1-67(2,3)46-34-35-71-64(40-46)74-61-28-16-15-24-55(61)56-33-31-51(42-63(56)74)75-50-21-17-20-49(41-50)72-43-73-65-58(25-18-27-60(65)70(10,11)12)59-38-44(45-36-47(68(4,5)6)39-48(37-45)69(7,8)9)30-32-54(59)52-22-13-14-23-53(52)57-26-19-29-62(72)66(57)73;/h13-40H,1-12H3;/q-2;. The van der Waals surface area contributed by atoms with Gasteiger partial charge in [-0.3, -0.25) is 4.57 Å². The van der Waals surface area contributed by atoms with Gasteiger partial charge in [-0.25, -0.2) is 4.98 Å². The molecule has 3 aromatic heterocycles. The molecule has 11 aromatic rings. The number of nitrogens with zero attached hydrogens (tertiary/aromatic N) is 4. The van der Waals surface area contributed by atoms with Crippen LogP contribution in [-0.4, -0.2) is 14.1 Å². The monoisotopic (exact) mass is 1170 g/mol. The Kier molecular flexibility index (Phi) is 12.3. The van der Waals surface area contributed by atoms with Crippen LogP contribution in [0.3, 0.4) is 0 Å². The van der Waals surface area contributed by atoms with Crippen LogP contribution >= 0.6 is 0 Å². The number of imidazole rings is 1. The maximum Gasteiger partial charge on any atom is 0.268 e. The normalized spacial score (nSPS) is 12.6. The number of hydrogen-bond donors (Lipinski definition) is 0. The van der Waals surface area contributed by atoms with Gasteiger partial charge in [0.2, 0.25) is 0 Å². The van der Waals surface area contributed by atoms with Crippen molar-refractivity contribution in [3.8, 4) is 73.2 Å². The molecular weight excluding hydrogens is 1110 g/mol. The average molecular weight is 1170 g/mol. The van der Waals surface area contributed by atoms with Crippen molar-refractivity contribution < 1.29 is 30.4 Å². The van der Waals surface area contributed by atoms with Crippen molar-refractivity contribution in [3.05, 3.63) is 211 Å². The number of aromatic nitrogens is 4. The fourth-order valence-electron chi connectivity index (χ4n) is 11.0. The van der Waals surface area contributed by atoms with Crippen LogP contribution in [0.1, 0.15) is 105 Å². The summed E-state index contributed by atoms with van der Waals surface area (Å²) < 4.78 is 13.5. The Bertz CT molecular complexity index is 4050. The minimum atomic E-state index is -0.217. The van der Waals surface area contributed by atoms with Gasteiger partial charge in [0.1, 0.15) is 5.82 Å². The predicted molar refractivity (Wildman–Crippen MR) is 310 cm³/mol. The van der Waals surface area contributed by atoms with E-state index in [0.717, 1.165) is 66.7 Å². The molecule has 0 unspecified atom stereocenters. The molecule has 0 saturated carbocycles. The number of para-hydroxylation sites is 3. The maximum atomic E-state index is 6.78. The van der Waals surface area contributed by atoms with E-state index in [-0.39, 0.29) is 42.7 Å². The smallest absolute Gasteiger partial charge is 0.268 e. The van der Waals surface area contributed by atoms with Gasteiger partial charge in [0.15, 0.2) is 0 Å². The molecule has 0 atom stereocenters. The molecule has 1 aliphatic heterocycles. The van der Waals surface area contributed by atoms with Crippen molar-refractivity contribution in [2.75, 3.05) is 0 Å². The Balaban J connectivity index is 0.00000616. The van der Waals surface area contributed by atoms with Crippen molar-refractivity contribution >= 4 is 32.8 Å². The SMILES string of the molecule is CC(C)(C)c1cc(-c2ccc3c(c2)-c2cccc(C(C)(C)C)c2-[n+]2[c-]n(-c4[c-]c(Oc5[c-]c6c(cc5)c5ccccc5n6-c5cc(C(C)(C)C)ccn5)ccc4)c4cccc(c42)-c2ccccc2-3)cc(C(C)(C)C)c1.[Pt]. The Morgan fingerprint density at radius 2 is 1.08 bits per heavy atom.